The van der Waals surface area contributed by atoms with E-state index in [9.17, 15) is 4.79 Å². The Balaban J connectivity index is 2.16. The summed E-state index contributed by atoms with van der Waals surface area (Å²) in [5, 5.41) is 5.76. The van der Waals surface area contributed by atoms with Crippen LogP contribution in [-0.4, -0.2) is 19.0 Å². The monoisotopic (exact) mass is 204 g/mol. The molecular weight excluding hydrogens is 188 g/mol. The van der Waals surface area contributed by atoms with Crippen LogP contribution in [0.2, 0.25) is 0 Å². The summed E-state index contributed by atoms with van der Waals surface area (Å²) in [4.78, 5) is 11.2. The lowest BCUT2D eigenvalue weighted by Gasteiger charge is -2.04. The van der Waals surface area contributed by atoms with Crippen molar-refractivity contribution >= 4 is 5.91 Å². The maximum absolute atomic E-state index is 11.2. The molecule has 0 atom stereocenters. The van der Waals surface area contributed by atoms with E-state index in [1.165, 1.54) is 5.56 Å². The van der Waals surface area contributed by atoms with E-state index in [4.69, 9.17) is 0 Å². The second kappa shape index (κ2) is 6.79. The molecule has 80 valence electrons. The molecule has 0 bridgehead atoms. The summed E-state index contributed by atoms with van der Waals surface area (Å²) in [6.07, 6.45) is 1.66. The van der Waals surface area contributed by atoms with Crippen molar-refractivity contribution in [2.75, 3.05) is 13.1 Å². The Morgan fingerprint density at radius 1 is 1.33 bits per heavy atom. The maximum atomic E-state index is 11.2. The first-order chi connectivity index (χ1) is 7.33. The van der Waals surface area contributed by atoms with Crippen LogP contribution in [0.15, 0.2) is 43.0 Å². The predicted molar refractivity (Wildman–Crippen MR) is 61.4 cm³/mol. The van der Waals surface area contributed by atoms with Crippen molar-refractivity contribution in [1.82, 2.24) is 10.6 Å². The van der Waals surface area contributed by atoms with Crippen molar-refractivity contribution in [3.05, 3.63) is 48.6 Å². The molecular formula is C12H16N2O. The summed E-state index contributed by atoms with van der Waals surface area (Å²) >= 11 is 0. The summed E-state index contributed by atoms with van der Waals surface area (Å²) < 4.78 is 0. The second-order valence-electron chi connectivity index (χ2n) is 3.18. The van der Waals surface area contributed by atoms with Crippen molar-refractivity contribution in [2.45, 2.75) is 6.54 Å². The topological polar surface area (TPSA) is 41.1 Å². The lowest BCUT2D eigenvalue weighted by atomic mass is 10.2. The minimum Gasteiger partial charge on any atom is -0.352 e. The normalized spacial score (nSPS) is 9.60. The van der Waals surface area contributed by atoms with Gasteiger partial charge in [0.15, 0.2) is 0 Å². The summed E-state index contributed by atoms with van der Waals surface area (Å²) in [6.45, 7) is 5.09. The molecule has 0 unspecified atom stereocenters. The number of carbonyl (C=O) groups excluding carboxylic acids is 1. The van der Waals surface area contributed by atoms with Crippen LogP contribution in [0.5, 0.6) is 0 Å². The Hall–Kier alpha value is -1.61. The molecule has 0 aromatic heterocycles. The van der Waals surface area contributed by atoms with E-state index in [2.05, 4.69) is 17.2 Å². The molecule has 1 aromatic carbocycles. The van der Waals surface area contributed by atoms with Gasteiger partial charge in [0.25, 0.3) is 0 Å². The molecule has 1 amide bonds. The molecule has 15 heavy (non-hydrogen) atoms. The minimum absolute atomic E-state index is 0.00849. The van der Waals surface area contributed by atoms with Crippen molar-refractivity contribution in [3.8, 4) is 0 Å². The molecule has 0 radical (unpaired) electrons. The molecule has 1 rings (SSSR count). The highest BCUT2D eigenvalue weighted by atomic mass is 16.1. The Labute approximate surface area is 90.2 Å². The van der Waals surface area contributed by atoms with E-state index in [1.807, 2.05) is 30.3 Å². The van der Waals surface area contributed by atoms with Gasteiger partial charge in [0.2, 0.25) is 5.91 Å². The van der Waals surface area contributed by atoms with Crippen LogP contribution in [0.1, 0.15) is 5.56 Å². The molecule has 2 N–H and O–H groups in total. The van der Waals surface area contributed by atoms with Gasteiger partial charge in [-0.05, 0) is 5.56 Å². The number of carbonyl (C=O) groups is 1. The molecule has 0 spiro atoms. The van der Waals surface area contributed by atoms with E-state index in [1.54, 1.807) is 6.08 Å². The van der Waals surface area contributed by atoms with Gasteiger partial charge in [-0.15, -0.1) is 6.58 Å². The van der Waals surface area contributed by atoms with Crippen LogP contribution < -0.4 is 10.6 Å². The van der Waals surface area contributed by atoms with E-state index < -0.39 is 0 Å². The Bertz CT molecular complexity index is 309. The number of hydrogen-bond acceptors (Lipinski definition) is 2. The molecule has 0 aliphatic carbocycles. The molecule has 0 heterocycles. The van der Waals surface area contributed by atoms with Crippen LogP contribution in [0, 0.1) is 0 Å². The summed E-state index contributed by atoms with van der Waals surface area (Å²) in [7, 11) is 0. The highest BCUT2D eigenvalue weighted by molar-refractivity contribution is 5.78. The third kappa shape index (κ3) is 4.98. The highest BCUT2D eigenvalue weighted by Gasteiger charge is 1.97. The molecule has 1 aromatic rings. The zero-order valence-electron chi connectivity index (χ0n) is 8.70. The van der Waals surface area contributed by atoms with Gasteiger partial charge in [0.05, 0.1) is 6.54 Å². The number of hydrogen-bond donors (Lipinski definition) is 2. The Morgan fingerprint density at radius 2 is 2.07 bits per heavy atom. The highest BCUT2D eigenvalue weighted by Crippen LogP contribution is 1.96. The van der Waals surface area contributed by atoms with Gasteiger partial charge in [0, 0.05) is 13.1 Å². The van der Waals surface area contributed by atoms with E-state index in [0.717, 1.165) is 0 Å². The fourth-order valence-corrected chi connectivity index (χ4v) is 1.16. The smallest absolute Gasteiger partial charge is 0.234 e. The van der Waals surface area contributed by atoms with Gasteiger partial charge < -0.3 is 10.6 Å². The minimum atomic E-state index is -0.00849. The first kappa shape index (κ1) is 11.5. The summed E-state index contributed by atoms with van der Waals surface area (Å²) in [6, 6.07) is 9.98. The predicted octanol–water partition coefficient (Wildman–Crippen LogP) is 1.08. The average Bonchev–Trinajstić information content (AvgIpc) is 2.28. The van der Waals surface area contributed by atoms with Crippen LogP contribution in [0.25, 0.3) is 0 Å². The van der Waals surface area contributed by atoms with Crippen molar-refractivity contribution < 1.29 is 4.79 Å². The van der Waals surface area contributed by atoms with Gasteiger partial charge in [-0.3, -0.25) is 4.79 Å². The zero-order chi connectivity index (χ0) is 10.9. The standard InChI is InChI=1S/C12H16N2O/c1-2-8-14-12(15)10-13-9-11-6-4-3-5-7-11/h2-7,13H,1,8-10H2,(H,14,15). The number of amides is 1. The molecule has 0 saturated carbocycles. The molecule has 3 nitrogen and oxygen atoms in total. The zero-order valence-corrected chi connectivity index (χ0v) is 8.70. The lowest BCUT2D eigenvalue weighted by Crippen LogP contribution is -2.33. The van der Waals surface area contributed by atoms with Crippen LogP contribution >= 0.6 is 0 Å². The Morgan fingerprint density at radius 3 is 2.73 bits per heavy atom. The third-order valence-electron chi connectivity index (χ3n) is 1.90. The second-order valence-corrected chi connectivity index (χ2v) is 3.18. The first-order valence-corrected chi connectivity index (χ1v) is 4.95. The Kier molecular flexibility index (Phi) is 5.19. The maximum Gasteiger partial charge on any atom is 0.234 e. The van der Waals surface area contributed by atoms with Gasteiger partial charge in [-0.25, -0.2) is 0 Å². The van der Waals surface area contributed by atoms with E-state index >= 15 is 0 Å². The number of benzene rings is 1. The van der Waals surface area contributed by atoms with Gasteiger partial charge in [0.1, 0.15) is 0 Å². The summed E-state index contributed by atoms with van der Waals surface area (Å²) in [5.74, 6) is -0.00849. The van der Waals surface area contributed by atoms with Crippen LogP contribution in [-0.2, 0) is 11.3 Å². The fourth-order valence-electron chi connectivity index (χ4n) is 1.16. The average molecular weight is 204 g/mol. The van der Waals surface area contributed by atoms with E-state index in [-0.39, 0.29) is 5.91 Å². The fraction of sp³-hybridized carbons (Fsp3) is 0.250. The van der Waals surface area contributed by atoms with Crippen LogP contribution in [0.3, 0.4) is 0 Å². The summed E-state index contributed by atoms with van der Waals surface area (Å²) in [5.41, 5.74) is 1.18. The first-order valence-electron chi connectivity index (χ1n) is 4.95. The molecule has 0 aliphatic rings. The van der Waals surface area contributed by atoms with Gasteiger partial charge >= 0.3 is 0 Å². The number of rotatable bonds is 6. The van der Waals surface area contributed by atoms with Crippen LogP contribution in [0.4, 0.5) is 0 Å². The van der Waals surface area contributed by atoms with E-state index in [0.29, 0.717) is 19.6 Å². The SMILES string of the molecule is C=CCNC(=O)CNCc1ccccc1. The molecule has 0 fully saturated rings. The van der Waals surface area contributed by atoms with Gasteiger partial charge in [-0.2, -0.15) is 0 Å². The van der Waals surface area contributed by atoms with Crippen molar-refractivity contribution in [2.24, 2.45) is 0 Å². The third-order valence-corrected chi connectivity index (χ3v) is 1.90. The lowest BCUT2D eigenvalue weighted by molar-refractivity contribution is -0.120. The molecule has 3 heteroatoms. The molecule has 0 aliphatic heterocycles. The number of nitrogens with one attached hydrogen (secondary N) is 2. The van der Waals surface area contributed by atoms with Crippen molar-refractivity contribution in [1.29, 1.82) is 0 Å². The van der Waals surface area contributed by atoms with Crippen molar-refractivity contribution in [3.63, 3.8) is 0 Å². The van der Waals surface area contributed by atoms with Gasteiger partial charge in [-0.1, -0.05) is 36.4 Å². The molecule has 0 saturated heterocycles. The largest absolute Gasteiger partial charge is 0.352 e. The quantitative estimate of drug-likeness (QED) is 0.681.